The molecule has 0 spiro atoms. The third-order valence-electron chi connectivity index (χ3n) is 7.58. The van der Waals surface area contributed by atoms with Crippen LogP contribution in [0.15, 0.2) is 84.9 Å². The van der Waals surface area contributed by atoms with E-state index in [2.05, 4.69) is 22.3 Å². The maximum absolute atomic E-state index is 13.9. The molecule has 1 heterocycles. The van der Waals surface area contributed by atoms with Crippen LogP contribution in [-0.2, 0) is 29.0 Å². The van der Waals surface area contributed by atoms with E-state index in [1.54, 1.807) is 21.9 Å². The van der Waals surface area contributed by atoms with Gasteiger partial charge in [-0.1, -0.05) is 84.6 Å². The fourth-order valence-electron chi connectivity index (χ4n) is 5.14. The van der Waals surface area contributed by atoms with E-state index in [1.807, 2.05) is 48.5 Å². The number of hydrogen-bond donors (Lipinski definition) is 1. The molecule has 0 aromatic heterocycles. The van der Waals surface area contributed by atoms with E-state index in [1.165, 1.54) is 24.6 Å². The van der Waals surface area contributed by atoms with Gasteiger partial charge < -0.3 is 15.1 Å². The highest BCUT2D eigenvalue weighted by Crippen LogP contribution is 2.16. The standard InChI is InChI=1S/C33H39N5O5S/c1-26(39)44-23-22-37(17-16-27-8-4-2-5-9-27)33(41)34-31(24-28-12-14-30(15-13-28)38(42)43)32(40)36-20-18-35(19-21-36)25-29-10-6-3-7-11-29/h2-15,31H,16-25H2,1H3,(H,34,41)/t31-/m0/s1. The number of piperazine rings is 1. The van der Waals surface area contributed by atoms with E-state index < -0.39 is 11.0 Å². The summed E-state index contributed by atoms with van der Waals surface area (Å²) in [6.07, 6.45) is 0.824. The number of nitro benzene ring substituents is 1. The molecule has 10 nitrogen and oxygen atoms in total. The molecule has 44 heavy (non-hydrogen) atoms. The average Bonchev–Trinajstić information content (AvgIpc) is 3.03. The Labute approximate surface area is 262 Å². The molecule has 1 aliphatic heterocycles. The number of thioether (sulfide) groups is 1. The molecule has 0 aliphatic carbocycles. The number of hydrogen-bond acceptors (Lipinski definition) is 7. The van der Waals surface area contributed by atoms with Crippen LogP contribution in [0.1, 0.15) is 23.6 Å². The fourth-order valence-corrected chi connectivity index (χ4v) is 5.74. The molecule has 11 heteroatoms. The normalized spacial score (nSPS) is 14.1. The predicted molar refractivity (Wildman–Crippen MR) is 172 cm³/mol. The van der Waals surface area contributed by atoms with Gasteiger partial charge in [0.05, 0.1) is 4.92 Å². The topological polar surface area (TPSA) is 116 Å². The number of urea groups is 1. The number of rotatable bonds is 13. The second-order valence-electron chi connectivity index (χ2n) is 10.8. The van der Waals surface area contributed by atoms with Gasteiger partial charge in [-0.05, 0) is 23.1 Å². The summed E-state index contributed by atoms with van der Waals surface area (Å²) >= 11 is 1.16. The summed E-state index contributed by atoms with van der Waals surface area (Å²) < 4.78 is 0. The number of amides is 3. The number of benzene rings is 3. The minimum atomic E-state index is -0.857. The lowest BCUT2D eigenvalue weighted by atomic mass is 10.0. The molecular weight excluding hydrogens is 578 g/mol. The lowest BCUT2D eigenvalue weighted by Gasteiger charge is -2.37. The van der Waals surface area contributed by atoms with Crippen LogP contribution in [0, 0.1) is 10.1 Å². The summed E-state index contributed by atoms with van der Waals surface area (Å²) in [5.74, 6) is 0.263. The Morgan fingerprint density at radius 2 is 1.48 bits per heavy atom. The molecule has 1 saturated heterocycles. The van der Waals surface area contributed by atoms with E-state index in [0.29, 0.717) is 57.0 Å². The first-order valence-electron chi connectivity index (χ1n) is 14.8. The van der Waals surface area contributed by atoms with Crippen molar-refractivity contribution in [1.82, 2.24) is 20.0 Å². The molecule has 1 aliphatic rings. The van der Waals surface area contributed by atoms with Crippen LogP contribution in [0.25, 0.3) is 0 Å². The van der Waals surface area contributed by atoms with E-state index in [9.17, 15) is 24.5 Å². The monoisotopic (exact) mass is 617 g/mol. The number of carbonyl (C=O) groups is 3. The molecule has 1 fully saturated rings. The van der Waals surface area contributed by atoms with Crippen molar-refractivity contribution in [1.29, 1.82) is 0 Å². The second kappa shape index (κ2) is 16.6. The summed E-state index contributed by atoms with van der Waals surface area (Å²) in [5, 5.41) is 14.1. The van der Waals surface area contributed by atoms with Gasteiger partial charge in [0, 0.05) is 77.0 Å². The molecular formula is C33H39N5O5S. The Bertz CT molecular complexity index is 1380. The first-order valence-corrected chi connectivity index (χ1v) is 15.8. The van der Waals surface area contributed by atoms with Gasteiger partial charge in [0.25, 0.3) is 5.69 Å². The molecule has 3 aromatic rings. The molecule has 0 unspecified atom stereocenters. The number of non-ortho nitro benzene ring substituents is 1. The van der Waals surface area contributed by atoms with Gasteiger partial charge in [-0.15, -0.1) is 0 Å². The van der Waals surface area contributed by atoms with E-state index in [4.69, 9.17) is 0 Å². The molecule has 3 amide bonds. The van der Waals surface area contributed by atoms with Crippen LogP contribution in [0.2, 0.25) is 0 Å². The lowest BCUT2D eigenvalue weighted by Crippen LogP contribution is -2.57. The van der Waals surface area contributed by atoms with Gasteiger partial charge >= 0.3 is 6.03 Å². The third-order valence-corrected chi connectivity index (χ3v) is 8.38. The Hall–Kier alpha value is -4.22. The van der Waals surface area contributed by atoms with Gasteiger partial charge in [0.2, 0.25) is 5.91 Å². The van der Waals surface area contributed by atoms with Crippen LogP contribution in [-0.4, -0.2) is 87.7 Å². The quantitative estimate of drug-likeness (QED) is 0.224. The summed E-state index contributed by atoms with van der Waals surface area (Å²) in [7, 11) is 0. The largest absolute Gasteiger partial charge is 0.338 e. The van der Waals surface area contributed by atoms with Crippen molar-refractivity contribution >= 4 is 34.5 Å². The van der Waals surface area contributed by atoms with Crippen LogP contribution >= 0.6 is 11.8 Å². The maximum atomic E-state index is 13.9. The molecule has 232 valence electrons. The second-order valence-corrected chi connectivity index (χ2v) is 12.1. The van der Waals surface area contributed by atoms with Gasteiger partial charge in [-0.25, -0.2) is 4.79 Å². The Kier molecular flexibility index (Phi) is 12.3. The van der Waals surface area contributed by atoms with Gasteiger partial charge in [-0.2, -0.15) is 0 Å². The summed E-state index contributed by atoms with van der Waals surface area (Å²) in [6.45, 7) is 5.56. The number of carbonyl (C=O) groups excluding carboxylic acids is 3. The highest BCUT2D eigenvalue weighted by molar-refractivity contribution is 8.13. The van der Waals surface area contributed by atoms with Crippen molar-refractivity contribution in [2.24, 2.45) is 0 Å². The van der Waals surface area contributed by atoms with Crippen molar-refractivity contribution in [3.63, 3.8) is 0 Å². The van der Waals surface area contributed by atoms with Gasteiger partial charge in [-0.3, -0.25) is 24.6 Å². The summed E-state index contributed by atoms with van der Waals surface area (Å²) in [6, 6.07) is 24.9. The Balaban J connectivity index is 1.46. The average molecular weight is 618 g/mol. The van der Waals surface area contributed by atoms with E-state index in [-0.39, 0.29) is 29.2 Å². The van der Waals surface area contributed by atoms with Gasteiger partial charge in [0.1, 0.15) is 6.04 Å². The zero-order valence-corrected chi connectivity index (χ0v) is 25.8. The highest BCUT2D eigenvalue weighted by atomic mass is 32.2. The van der Waals surface area contributed by atoms with E-state index >= 15 is 0 Å². The lowest BCUT2D eigenvalue weighted by molar-refractivity contribution is -0.384. The Morgan fingerprint density at radius 1 is 0.864 bits per heavy atom. The minimum absolute atomic E-state index is 0.0222. The molecule has 1 atom stereocenters. The molecule has 0 radical (unpaired) electrons. The zero-order chi connectivity index (χ0) is 31.3. The van der Waals surface area contributed by atoms with Crippen LogP contribution in [0.4, 0.5) is 10.5 Å². The summed E-state index contributed by atoms with van der Waals surface area (Å²) in [4.78, 5) is 55.6. The molecule has 0 saturated carbocycles. The zero-order valence-electron chi connectivity index (χ0n) is 25.0. The highest BCUT2D eigenvalue weighted by Gasteiger charge is 2.30. The smallest absolute Gasteiger partial charge is 0.318 e. The molecule has 1 N–H and O–H groups in total. The van der Waals surface area contributed by atoms with Crippen LogP contribution < -0.4 is 5.32 Å². The molecule has 0 bridgehead atoms. The Morgan fingerprint density at radius 3 is 2.07 bits per heavy atom. The maximum Gasteiger partial charge on any atom is 0.318 e. The first-order chi connectivity index (χ1) is 21.3. The predicted octanol–water partition coefficient (Wildman–Crippen LogP) is 4.38. The van der Waals surface area contributed by atoms with Gasteiger partial charge in [0.15, 0.2) is 5.12 Å². The van der Waals surface area contributed by atoms with Crippen molar-refractivity contribution in [2.75, 3.05) is 45.0 Å². The number of nitrogens with zero attached hydrogens (tertiary/aromatic N) is 4. The molecule has 3 aromatic carbocycles. The number of nitrogens with one attached hydrogen (secondary N) is 1. The van der Waals surface area contributed by atoms with Crippen molar-refractivity contribution in [3.8, 4) is 0 Å². The third kappa shape index (κ3) is 10.2. The minimum Gasteiger partial charge on any atom is -0.338 e. The number of nitro groups is 1. The van der Waals surface area contributed by atoms with Crippen LogP contribution in [0.5, 0.6) is 0 Å². The SMILES string of the molecule is CC(=O)SCCN(CCc1ccccc1)C(=O)N[C@@H](Cc1ccc([N+](=O)[O-])cc1)C(=O)N1CCN(Cc2ccccc2)CC1. The van der Waals surface area contributed by atoms with E-state index in [0.717, 1.165) is 23.9 Å². The van der Waals surface area contributed by atoms with Crippen LogP contribution in [0.3, 0.4) is 0 Å². The first kappa shape index (κ1) is 32.7. The summed E-state index contributed by atoms with van der Waals surface area (Å²) in [5.41, 5.74) is 2.97. The fraction of sp³-hybridized carbons (Fsp3) is 0.364. The van der Waals surface area contributed by atoms with Crippen molar-refractivity contribution in [2.45, 2.75) is 32.4 Å². The van der Waals surface area contributed by atoms with Crippen molar-refractivity contribution in [3.05, 3.63) is 112 Å². The molecule has 4 rings (SSSR count). The van der Waals surface area contributed by atoms with Crippen molar-refractivity contribution < 1.29 is 19.3 Å².